The zero-order valence-corrected chi connectivity index (χ0v) is 5.71. The average molecular weight is 164 g/mol. The smallest absolute Gasteiger partial charge is 0.328 e. The van der Waals surface area contributed by atoms with Crippen LogP contribution < -0.4 is 11.1 Å². The van der Waals surface area contributed by atoms with E-state index in [-0.39, 0.29) is 6.54 Å². The van der Waals surface area contributed by atoms with Gasteiger partial charge in [0.25, 0.3) is 0 Å². The van der Waals surface area contributed by atoms with Crippen LogP contribution >= 0.6 is 0 Å². The van der Waals surface area contributed by atoms with Crippen LogP contribution in [0.1, 0.15) is 0 Å². The van der Waals surface area contributed by atoms with E-state index in [1.165, 1.54) is 0 Å². The van der Waals surface area contributed by atoms with Crippen molar-refractivity contribution in [3.05, 3.63) is 0 Å². The van der Waals surface area contributed by atoms with Crippen LogP contribution in [-0.4, -0.2) is 36.2 Å². The van der Waals surface area contributed by atoms with E-state index in [1.807, 2.05) is 5.32 Å². The van der Waals surface area contributed by atoms with Crippen molar-refractivity contribution in [2.45, 2.75) is 6.04 Å². The van der Waals surface area contributed by atoms with Crippen LogP contribution in [0.15, 0.2) is 0 Å². The number of nitrogens with one attached hydrogen (secondary N) is 1. The first-order chi connectivity index (χ1) is 5.11. The van der Waals surface area contributed by atoms with E-state index in [0.717, 1.165) is 0 Å². The van der Waals surface area contributed by atoms with Crippen LogP contribution in [0, 0.1) is 0 Å². The summed E-state index contributed by atoms with van der Waals surface area (Å²) in [7, 11) is 0. The molecule has 0 saturated carbocycles. The minimum absolute atomic E-state index is 0.343. The van der Waals surface area contributed by atoms with Crippen LogP contribution in [0.5, 0.6) is 0 Å². The summed E-state index contributed by atoms with van der Waals surface area (Å²) < 4.78 is 11.8. The van der Waals surface area contributed by atoms with E-state index in [9.17, 15) is 14.0 Å². The largest absolute Gasteiger partial charge is 0.480 e. The number of hydrogen-bond donors (Lipinski definition) is 3. The summed E-state index contributed by atoms with van der Waals surface area (Å²) in [5, 5.41) is 10.1. The molecule has 1 amide bonds. The molecular formula is C5H9FN2O3. The first-order valence-corrected chi connectivity index (χ1v) is 2.90. The molecule has 6 heteroatoms. The van der Waals surface area contributed by atoms with Gasteiger partial charge in [0.2, 0.25) is 5.91 Å². The van der Waals surface area contributed by atoms with Gasteiger partial charge in [-0.2, -0.15) is 0 Å². The van der Waals surface area contributed by atoms with Crippen LogP contribution in [0.2, 0.25) is 0 Å². The summed E-state index contributed by atoms with van der Waals surface area (Å²) in [6, 6.07) is -1.48. The fraction of sp³-hybridized carbons (Fsp3) is 0.600. The van der Waals surface area contributed by atoms with Crippen molar-refractivity contribution in [2.24, 2.45) is 5.73 Å². The Labute approximate surface area is 62.4 Å². The van der Waals surface area contributed by atoms with Gasteiger partial charge < -0.3 is 16.2 Å². The minimum atomic E-state index is -1.48. The van der Waals surface area contributed by atoms with Gasteiger partial charge >= 0.3 is 5.97 Å². The minimum Gasteiger partial charge on any atom is -0.480 e. The van der Waals surface area contributed by atoms with Gasteiger partial charge in [-0.1, -0.05) is 0 Å². The van der Waals surface area contributed by atoms with Gasteiger partial charge in [0.15, 0.2) is 6.04 Å². The van der Waals surface area contributed by atoms with Crippen molar-refractivity contribution in [2.75, 3.05) is 13.2 Å². The Kier molecular flexibility index (Phi) is 4.12. The van der Waals surface area contributed by atoms with Crippen LogP contribution in [0.3, 0.4) is 0 Å². The zero-order valence-electron chi connectivity index (χ0n) is 5.71. The molecule has 0 aromatic heterocycles. The molecule has 0 aliphatic rings. The zero-order chi connectivity index (χ0) is 8.85. The lowest BCUT2D eigenvalue weighted by molar-refractivity contribution is -0.142. The third-order valence-corrected chi connectivity index (χ3v) is 0.973. The summed E-state index contributed by atoms with van der Waals surface area (Å²) in [4.78, 5) is 20.5. The number of carboxylic acid groups (broad SMARTS) is 1. The first kappa shape index (κ1) is 9.83. The van der Waals surface area contributed by atoms with Crippen molar-refractivity contribution in [1.82, 2.24) is 5.32 Å². The molecule has 4 N–H and O–H groups in total. The van der Waals surface area contributed by atoms with Crippen molar-refractivity contribution in [1.29, 1.82) is 0 Å². The van der Waals surface area contributed by atoms with Gasteiger partial charge in [-0.25, -0.2) is 9.18 Å². The molecule has 11 heavy (non-hydrogen) atoms. The second-order valence-electron chi connectivity index (χ2n) is 1.82. The average Bonchev–Trinajstić information content (AvgIpc) is 1.99. The van der Waals surface area contributed by atoms with Gasteiger partial charge in [0.1, 0.15) is 6.67 Å². The topological polar surface area (TPSA) is 92.4 Å². The van der Waals surface area contributed by atoms with Crippen molar-refractivity contribution < 1.29 is 19.1 Å². The quantitative estimate of drug-likeness (QED) is 0.470. The van der Waals surface area contributed by atoms with Crippen LogP contribution in [0.4, 0.5) is 4.39 Å². The fourth-order valence-corrected chi connectivity index (χ4v) is 0.420. The molecule has 0 unspecified atom stereocenters. The van der Waals surface area contributed by atoms with Crippen molar-refractivity contribution in [3.8, 4) is 0 Å². The van der Waals surface area contributed by atoms with E-state index < -0.39 is 24.6 Å². The van der Waals surface area contributed by atoms with E-state index >= 15 is 0 Å². The summed E-state index contributed by atoms with van der Waals surface area (Å²) in [6.45, 7) is -1.48. The van der Waals surface area contributed by atoms with Gasteiger partial charge in [0.05, 0.1) is 6.54 Å². The van der Waals surface area contributed by atoms with Crippen molar-refractivity contribution in [3.63, 3.8) is 0 Å². The molecule has 1 atom stereocenters. The monoisotopic (exact) mass is 164 g/mol. The highest BCUT2D eigenvalue weighted by Crippen LogP contribution is 1.84. The Morgan fingerprint density at radius 3 is 2.45 bits per heavy atom. The molecule has 5 nitrogen and oxygen atoms in total. The number of hydrogen-bond acceptors (Lipinski definition) is 3. The lowest BCUT2D eigenvalue weighted by atomic mass is 10.3. The Morgan fingerprint density at radius 2 is 2.18 bits per heavy atom. The number of aliphatic carboxylic acids is 1. The molecule has 0 aromatic rings. The second-order valence-corrected chi connectivity index (χ2v) is 1.82. The number of halogens is 1. The standard InChI is InChI=1S/C5H9FN2O3/c6-1-3(5(10)11)8-4(9)2-7/h3H,1-2,7H2,(H,8,9)(H,10,11)/t3-/m1/s1. The lowest BCUT2D eigenvalue weighted by Gasteiger charge is -2.08. The molecule has 0 saturated heterocycles. The number of carbonyl (C=O) groups excluding carboxylic acids is 1. The van der Waals surface area contributed by atoms with Gasteiger partial charge in [-0.05, 0) is 0 Å². The summed E-state index contributed by atoms with van der Waals surface area (Å²) in [5.41, 5.74) is 4.85. The second kappa shape index (κ2) is 4.62. The number of alkyl halides is 1. The highest BCUT2D eigenvalue weighted by Gasteiger charge is 2.18. The van der Waals surface area contributed by atoms with E-state index in [2.05, 4.69) is 0 Å². The normalized spacial score (nSPS) is 12.2. The number of carbonyl (C=O) groups is 2. The molecule has 0 bridgehead atoms. The summed E-state index contributed by atoms with van der Waals surface area (Å²) >= 11 is 0. The molecule has 0 aliphatic carbocycles. The maximum Gasteiger partial charge on any atom is 0.328 e. The molecule has 0 aliphatic heterocycles. The maximum atomic E-state index is 11.8. The van der Waals surface area contributed by atoms with Gasteiger partial charge in [0, 0.05) is 0 Å². The summed E-state index contributed by atoms with van der Waals surface area (Å²) in [5.74, 6) is -2.09. The molecule has 0 heterocycles. The van der Waals surface area contributed by atoms with Crippen LogP contribution in [0.25, 0.3) is 0 Å². The Morgan fingerprint density at radius 1 is 1.64 bits per heavy atom. The molecule has 0 aromatic carbocycles. The highest BCUT2D eigenvalue weighted by molar-refractivity contribution is 5.84. The van der Waals surface area contributed by atoms with E-state index in [4.69, 9.17) is 10.8 Å². The molecule has 0 spiro atoms. The molecule has 0 fully saturated rings. The molecule has 0 radical (unpaired) electrons. The predicted octanol–water partition coefficient (Wildman–Crippen LogP) is -1.52. The highest BCUT2D eigenvalue weighted by atomic mass is 19.1. The van der Waals surface area contributed by atoms with Crippen LogP contribution in [-0.2, 0) is 9.59 Å². The Hall–Kier alpha value is -1.17. The Balaban J connectivity index is 3.88. The third kappa shape index (κ3) is 3.51. The first-order valence-electron chi connectivity index (χ1n) is 2.90. The number of amides is 1. The maximum absolute atomic E-state index is 11.8. The van der Waals surface area contributed by atoms with Gasteiger partial charge in [-0.15, -0.1) is 0 Å². The van der Waals surface area contributed by atoms with Crippen molar-refractivity contribution >= 4 is 11.9 Å². The number of carboxylic acids is 1. The summed E-state index contributed by atoms with van der Waals surface area (Å²) in [6.07, 6.45) is 0. The third-order valence-electron chi connectivity index (χ3n) is 0.973. The molecule has 64 valence electrons. The fourth-order valence-electron chi connectivity index (χ4n) is 0.420. The SMILES string of the molecule is NCC(=O)N[C@H](CF)C(=O)O. The lowest BCUT2D eigenvalue weighted by Crippen LogP contribution is -2.44. The number of rotatable bonds is 4. The number of nitrogens with two attached hydrogens (primary N) is 1. The van der Waals surface area contributed by atoms with E-state index in [0.29, 0.717) is 0 Å². The molecular weight excluding hydrogens is 155 g/mol. The van der Waals surface area contributed by atoms with Gasteiger partial charge in [-0.3, -0.25) is 4.79 Å². The van der Waals surface area contributed by atoms with E-state index in [1.54, 1.807) is 0 Å². The predicted molar refractivity (Wildman–Crippen MR) is 34.6 cm³/mol. The molecule has 0 rings (SSSR count). The Bertz CT molecular complexity index is 162.